The van der Waals surface area contributed by atoms with Crippen molar-refractivity contribution in [3.05, 3.63) is 58.7 Å². The molecule has 0 unspecified atom stereocenters. The number of methoxy groups -OCH3 is 4. The number of hydrogen-bond acceptors (Lipinski definition) is 8. The van der Waals surface area contributed by atoms with Gasteiger partial charge in [0.25, 0.3) is 0 Å². The van der Waals surface area contributed by atoms with Crippen molar-refractivity contribution < 1.29 is 38.1 Å². The van der Waals surface area contributed by atoms with Crippen molar-refractivity contribution >= 4 is 45.4 Å². The number of ether oxygens (including phenoxy) is 4. The lowest BCUT2D eigenvalue weighted by Crippen LogP contribution is -2.12. The van der Waals surface area contributed by atoms with E-state index in [1.165, 1.54) is 52.7 Å². The minimum Gasteiger partial charge on any atom is -0.465 e. The van der Waals surface area contributed by atoms with Crippen molar-refractivity contribution in [1.29, 1.82) is 0 Å². The summed E-state index contributed by atoms with van der Waals surface area (Å²) >= 11 is 0. The smallest absolute Gasteiger partial charge is 0.338 e. The van der Waals surface area contributed by atoms with E-state index in [1.54, 1.807) is 12.1 Å². The average Bonchev–Trinajstić information content (AvgIpc) is 2.78. The average molecular weight is 410 g/mol. The molecule has 0 aromatic heterocycles. The zero-order valence-corrected chi connectivity index (χ0v) is 16.7. The highest BCUT2D eigenvalue weighted by molar-refractivity contribution is 6.12. The molecule has 0 saturated heterocycles. The Kier molecular flexibility index (Phi) is 5.68. The van der Waals surface area contributed by atoms with Crippen molar-refractivity contribution in [3.8, 4) is 0 Å². The van der Waals surface area contributed by atoms with E-state index in [0.717, 1.165) is 0 Å². The Morgan fingerprint density at radius 2 is 0.633 bits per heavy atom. The van der Waals surface area contributed by atoms with E-state index >= 15 is 0 Å². The number of carbonyl (C=O) groups excluding carboxylic acids is 4. The molecule has 0 heterocycles. The normalized spacial score (nSPS) is 10.5. The van der Waals surface area contributed by atoms with E-state index in [0.29, 0.717) is 21.5 Å². The maximum atomic E-state index is 12.2. The first-order valence-corrected chi connectivity index (χ1v) is 8.73. The number of rotatable bonds is 4. The first-order valence-electron chi connectivity index (χ1n) is 8.73. The molecule has 0 fully saturated rings. The van der Waals surface area contributed by atoms with Gasteiger partial charge in [-0.1, -0.05) is 0 Å². The van der Waals surface area contributed by atoms with Gasteiger partial charge < -0.3 is 18.9 Å². The van der Waals surface area contributed by atoms with Gasteiger partial charge in [-0.05, 0) is 57.9 Å². The molecule has 0 atom stereocenters. The molecule has 0 aliphatic rings. The van der Waals surface area contributed by atoms with Gasteiger partial charge >= 0.3 is 23.9 Å². The molecule has 3 rings (SSSR count). The van der Waals surface area contributed by atoms with Crippen molar-refractivity contribution in [2.45, 2.75) is 0 Å². The first kappa shape index (κ1) is 20.8. The Morgan fingerprint density at radius 1 is 0.433 bits per heavy atom. The summed E-state index contributed by atoms with van der Waals surface area (Å²) in [5.41, 5.74) is 0.206. The molecule has 0 N–H and O–H groups in total. The molecule has 8 heteroatoms. The number of carbonyl (C=O) groups is 4. The Labute approximate surface area is 171 Å². The summed E-state index contributed by atoms with van der Waals surface area (Å²) in [5.74, 6) is -2.75. The van der Waals surface area contributed by atoms with Gasteiger partial charge in [0, 0.05) is 0 Å². The summed E-state index contributed by atoms with van der Waals surface area (Å²) in [6.07, 6.45) is 0. The minimum absolute atomic E-state index is 0.0515. The third-order valence-electron chi connectivity index (χ3n) is 4.69. The Balaban J connectivity index is 2.35. The van der Waals surface area contributed by atoms with Gasteiger partial charge in [-0.2, -0.15) is 0 Å². The van der Waals surface area contributed by atoms with Gasteiger partial charge in [0.15, 0.2) is 0 Å². The zero-order valence-electron chi connectivity index (χ0n) is 16.7. The van der Waals surface area contributed by atoms with E-state index < -0.39 is 23.9 Å². The van der Waals surface area contributed by atoms with E-state index in [1.807, 2.05) is 0 Å². The number of fused-ring (bicyclic) bond motifs is 2. The molecule has 0 bridgehead atoms. The molecule has 3 aromatic rings. The summed E-state index contributed by atoms with van der Waals surface area (Å²) < 4.78 is 19.1. The van der Waals surface area contributed by atoms with Gasteiger partial charge in [-0.25, -0.2) is 19.2 Å². The lowest BCUT2D eigenvalue weighted by atomic mass is 9.95. The van der Waals surface area contributed by atoms with Crippen molar-refractivity contribution in [3.63, 3.8) is 0 Å². The third kappa shape index (κ3) is 3.55. The second-order valence-corrected chi connectivity index (χ2v) is 6.31. The quantitative estimate of drug-likeness (QED) is 0.367. The van der Waals surface area contributed by atoms with Crippen molar-refractivity contribution in [2.75, 3.05) is 28.4 Å². The molecule has 3 aromatic carbocycles. The highest BCUT2D eigenvalue weighted by atomic mass is 16.5. The van der Waals surface area contributed by atoms with E-state index in [2.05, 4.69) is 0 Å². The first-order chi connectivity index (χ1) is 14.3. The van der Waals surface area contributed by atoms with Gasteiger partial charge in [0.2, 0.25) is 0 Å². The van der Waals surface area contributed by atoms with Crippen LogP contribution >= 0.6 is 0 Å². The van der Waals surface area contributed by atoms with Crippen LogP contribution in [-0.2, 0) is 18.9 Å². The lowest BCUT2D eigenvalue weighted by molar-refractivity contribution is 0.0555. The topological polar surface area (TPSA) is 105 Å². The van der Waals surface area contributed by atoms with Crippen LogP contribution < -0.4 is 0 Å². The van der Waals surface area contributed by atoms with Crippen molar-refractivity contribution in [2.24, 2.45) is 0 Å². The number of hydrogen-bond donors (Lipinski definition) is 0. The Morgan fingerprint density at radius 3 is 0.800 bits per heavy atom. The molecule has 154 valence electrons. The summed E-state index contributed by atoms with van der Waals surface area (Å²) in [5, 5.41) is 2.49. The maximum absolute atomic E-state index is 12.2. The van der Waals surface area contributed by atoms with Gasteiger partial charge in [-0.15, -0.1) is 0 Å². The van der Waals surface area contributed by atoms with Crippen LogP contribution in [0.5, 0.6) is 0 Å². The lowest BCUT2D eigenvalue weighted by Gasteiger charge is -2.12. The molecule has 0 aliphatic carbocycles. The molecule has 8 nitrogen and oxygen atoms in total. The SMILES string of the molecule is COC(=O)c1cc2cc3cc(C(=O)OC)c(C(=O)OC)cc3cc2cc1C(=O)OC. The second kappa shape index (κ2) is 8.20. The van der Waals surface area contributed by atoms with E-state index in [4.69, 9.17) is 18.9 Å². The van der Waals surface area contributed by atoms with Crippen LogP contribution in [0.3, 0.4) is 0 Å². The fraction of sp³-hybridized carbons (Fsp3) is 0.182. The minimum atomic E-state index is -0.686. The largest absolute Gasteiger partial charge is 0.465 e. The molecule has 30 heavy (non-hydrogen) atoms. The predicted molar refractivity (Wildman–Crippen MR) is 107 cm³/mol. The molecular weight excluding hydrogens is 392 g/mol. The Bertz CT molecular complexity index is 1020. The number of esters is 4. The van der Waals surface area contributed by atoms with Crippen LogP contribution in [0.25, 0.3) is 21.5 Å². The van der Waals surface area contributed by atoms with Crippen molar-refractivity contribution in [1.82, 2.24) is 0 Å². The van der Waals surface area contributed by atoms with Crippen LogP contribution in [0.15, 0.2) is 36.4 Å². The van der Waals surface area contributed by atoms with Gasteiger partial charge in [-0.3, -0.25) is 0 Å². The molecule has 0 radical (unpaired) electrons. The van der Waals surface area contributed by atoms with E-state index in [-0.39, 0.29) is 22.3 Å². The predicted octanol–water partition coefficient (Wildman–Crippen LogP) is 3.14. The summed E-state index contributed by atoms with van der Waals surface area (Å²) in [7, 11) is 4.85. The maximum Gasteiger partial charge on any atom is 0.338 e. The highest BCUT2D eigenvalue weighted by Crippen LogP contribution is 2.29. The van der Waals surface area contributed by atoms with Crippen LogP contribution in [0.1, 0.15) is 41.4 Å². The molecule has 0 saturated carbocycles. The molecule has 0 spiro atoms. The molecular formula is C22H18O8. The highest BCUT2D eigenvalue weighted by Gasteiger charge is 2.22. The summed E-state index contributed by atoms with van der Waals surface area (Å²) in [6, 6.07) is 9.51. The third-order valence-corrected chi connectivity index (χ3v) is 4.69. The Hall–Kier alpha value is -3.94. The summed E-state index contributed by atoms with van der Waals surface area (Å²) in [4.78, 5) is 48.6. The standard InChI is InChI=1S/C22H18O8/c1-27-19(23)15-7-11-5-13-9-17(21(25)29-3)18(22(26)30-4)10-14(13)6-12(11)8-16(15)20(24)28-2/h5-10H,1-4H3. The van der Waals surface area contributed by atoms with E-state index in [9.17, 15) is 19.2 Å². The number of benzene rings is 3. The van der Waals surface area contributed by atoms with Crippen LogP contribution in [0.2, 0.25) is 0 Å². The summed E-state index contributed by atoms with van der Waals surface area (Å²) in [6.45, 7) is 0. The van der Waals surface area contributed by atoms with Crippen LogP contribution in [0.4, 0.5) is 0 Å². The zero-order chi connectivity index (χ0) is 22.0. The fourth-order valence-electron chi connectivity index (χ4n) is 3.22. The monoisotopic (exact) mass is 410 g/mol. The second-order valence-electron chi connectivity index (χ2n) is 6.31. The molecule has 0 aliphatic heterocycles. The van der Waals surface area contributed by atoms with Crippen LogP contribution in [-0.4, -0.2) is 52.3 Å². The fourth-order valence-corrected chi connectivity index (χ4v) is 3.22. The molecule has 0 amide bonds. The van der Waals surface area contributed by atoms with Gasteiger partial charge in [0.1, 0.15) is 0 Å². The van der Waals surface area contributed by atoms with Crippen LogP contribution in [0, 0.1) is 0 Å². The van der Waals surface area contributed by atoms with Gasteiger partial charge in [0.05, 0.1) is 50.7 Å².